The summed E-state index contributed by atoms with van der Waals surface area (Å²) in [5, 5.41) is 9.19. The van der Waals surface area contributed by atoms with Crippen molar-refractivity contribution in [1.29, 1.82) is 0 Å². The molecule has 0 fully saturated rings. The molecule has 0 aliphatic rings. The van der Waals surface area contributed by atoms with Gasteiger partial charge in [0.15, 0.2) is 0 Å². The van der Waals surface area contributed by atoms with E-state index >= 15 is 0 Å². The quantitative estimate of drug-likeness (QED) is 0.395. The molecule has 35 heavy (non-hydrogen) atoms. The monoisotopic (exact) mass is 486 g/mol. The molecule has 1 unspecified atom stereocenters. The van der Waals surface area contributed by atoms with Crippen LogP contribution in [-0.2, 0) is 6.61 Å². The van der Waals surface area contributed by atoms with Crippen LogP contribution in [0, 0.1) is 11.6 Å². The van der Waals surface area contributed by atoms with Gasteiger partial charge in [0, 0.05) is 29.7 Å². The predicted octanol–water partition coefficient (Wildman–Crippen LogP) is 5.21. The Kier molecular flexibility index (Phi) is 12.3. The molecule has 0 amide bonds. The van der Waals surface area contributed by atoms with E-state index in [2.05, 4.69) is 15.0 Å². The van der Waals surface area contributed by atoms with E-state index in [1.165, 1.54) is 18.5 Å². The van der Waals surface area contributed by atoms with Crippen molar-refractivity contribution in [3.63, 3.8) is 0 Å². The van der Waals surface area contributed by atoms with Crippen LogP contribution in [0.3, 0.4) is 0 Å². The molecule has 0 aliphatic heterocycles. The van der Waals surface area contributed by atoms with Gasteiger partial charge in [-0.15, -0.1) is 0 Å². The number of benzene rings is 1. The third-order valence-electron chi connectivity index (χ3n) is 4.94. The number of aliphatic hydroxyl groups excluding tert-OH is 1. The molecule has 0 saturated carbocycles. The van der Waals surface area contributed by atoms with E-state index in [-0.39, 0.29) is 23.8 Å². The van der Waals surface area contributed by atoms with Crippen molar-refractivity contribution in [3.8, 4) is 5.95 Å². The van der Waals surface area contributed by atoms with E-state index in [9.17, 15) is 13.9 Å². The van der Waals surface area contributed by atoms with Gasteiger partial charge in [-0.05, 0) is 36.3 Å². The molecule has 1 atom stereocenters. The first kappa shape index (κ1) is 29.4. The third kappa shape index (κ3) is 7.45. The van der Waals surface area contributed by atoms with Crippen molar-refractivity contribution in [1.82, 2.24) is 19.5 Å². The smallest absolute Gasteiger partial charge is 0.235 e. The highest BCUT2D eigenvalue weighted by molar-refractivity contribution is 5.66. The highest BCUT2D eigenvalue weighted by Gasteiger charge is 2.17. The lowest BCUT2D eigenvalue weighted by atomic mass is 9.96. The number of imidazole rings is 1. The highest BCUT2D eigenvalue weighted by atomic mass is 19.1. The number of nitrogens with two attached hydrogens (primary N) is 2. The Balaban J connectivity index is 0.00000145. The Labute approximate surface area is 206 Å². The van der Waals surface area contributed by atoms with E-state index in [1.54, 1.807) is 23.0 Å². The van der Waals surface area contributed by atoms with Gasteiger partial charge in [0.25, 0.3) is 0 Å². The van der Waals surface area contributed by atoms with Gasteiger partial charge in [-0.25, -0.2) is 23.7 Å². The van der Waals surface area contributed by atoms with Crippen LogP contribution in [0.2, 0.25) is 0 Å². The molecule has 2 aromatic heterocycles. The Morgan fingerprint density at radius 2 is 1.71 bits per heavy atom. The van der Waals surface area contributed by atoms with E-state index in [0.29, 0.717) is 35.0 Å². The molecule has 5 N–H and O–H groups in total. The molecule has 3 rings (SSSR count). The topological polar surface area (TPSA) is 116 Å². The van der Waals surface area contributed by atoms with E-state index in [1.807, 2.05) is 41.5 Å². The summed E-state index contributed by atoms with van der Waals surface area (Å²) in [6.45, 7) is 11.6. The van der Waals surface area contributed by atoms with Gasteiger partial charge < -0.3 is 16.6 Å². The average molecular weight is 487 g/mol. The minimum Gasteiger partial charge on any atom is -0.401 e. The molecule has 7 nitrogen and oxygen atoms in total. The second kappa shape index (κ2) is 14.6. The fourth-order valence-electron chi connectivity index (χ4n) is 3.14. The summed E-state index contributed by atoms with van der Waals surface area (Å²) in [7, 11) is 0. The largest absolute Gasteiger partial charge is 0.401 e. The van der Waals surface area contributed by atoms with E-state index < -0.39 is 11.6 Å². The van der Waals surface area contributed by atoms with Gasteiger partial charge in [-0.1, -0.05) is 47.6 Å². The van der Waals surface area contributed by atoms with Crippen molar-refractivity contribution in [2.75, 3.05) is 0 Å². The van der Waals surface area contributed by atoms with Crippen LogP contribution in [-0.4, -0.2) is 24.6 Å². The fraction of sp³-hybridized carbons (Fsp3) is 0.346. The molecule has 1 aromatic carbocycles. The summed E-state index contributed by atoms with van der Waals surface area (Å²) in [5.41, 5.74) is 14.4. The molecular formula is C26H36F2N6O. The van der Waals surface area contributed by atoms with Gasteiger partial charge in [0.05, 0.1) is 23.6 Å². The number of allylic oxidation sites excluding steroid dienone is 3. The normalized spacial score (nSPS) is 12.5. The number of hydrogen-bond donors (Lipinski definition) is 3. The van der Waals surface area contributed by atoms with Crippen LogP contribution in [0.4, 0.5) is 8.78 Å². The van der Waals surface area contributed by atoms with Gasteiger partial charge in [-0.3, -0.25) is 4.57 Å². The summed E-state index contributed by atoms with van der Waals surface area (Å²) in [6.07, 6.45) is 6.75. The lowest BCUT2D eigenvalue weighted by Gasteiger charge is -2.16. The molecule has 0 saturated heterocycles. The summed E-state index contributed by atoms with van der Waals surface area (Å²) in [4.78, 5) is 12.8. The maximum absolute atomic E-state index is 14.1. The number of hydrogen-bond acceptors (Lipinski definition) is 6. The van der Waals surface area contributed by atoms with Crippen LogP contribution >= 0.6 is 0 Å². The van der Waals surface area contributed by atoms with Crippen LogP contribution in [0.15, 0.2) is 60.3 Å². The maximum Gasteiger partial charge on any atom is 0.235 e. The summed E-state index contributed by atoms with van der Waals surface area (Å²) in [5.74, 6) is -1.41. The molecule has 0 aliphatic carbocycles. The van der Waals surface area contributed by atoms with Crippen LogP contribution in [0.5, 0.6) is 0 Å². The van der Waals surface area contributed by atoms with Crippen LogP contribution in [0.25, 0.3) is 11.6 Å². The highest BCUT2D eigenvalue weighted by Crippen LogP contribution is 2.26. The van der Waals surface area contributed by atoms with Gasteiger partial charge >= 0.3 is 0 Å². The Bertz CT molecular complexity index is 1120. The van der Waals surface area contributed by atoms with Crippen molar-refractivity contribution in [2.24, 2.45) is 11.5 Å². The minimum absolute atomic E-state index is 0.0408. The zero-order valence-electron chi connectivity index (χ0n) is 21.3. The lowest BCUT2D eigenvalue weighted by Crippen LogP contribution is -2.14. The number of rotatable bonds is 7. The van der Waals surface area contributed by atoms with Gasteiger partial charge in [0.2, 0.25) is 5.95 Å². The molecule has 0 spiro atoms. The first-order chi connectivity index (χ1) is 16.8. The number of halogens is 2. The minimum atomic E-state index is -0.737. The lowest BCUT2D eigenvalue weighted by molar-refractivity contribution is 0.277. The van der Waals surface area contributed by atoms with Gasteiger partial charge in [-0.2, -0.15) is 0 Å². The van der Waals surface area contributed by atoms with E-state index in [4.69, 9.17) is 11.5 Å². The van der Waals surface area contributed by atoms with E-state index in [0.717, 1.165) is 12.1 Å². The first-order valence-electron chi connectivity index (χ1n) is 11.7. The molecule has 0 radical (unpaired) electrons. The van der Waals surface area contributed by atoms with Crippen molar-refractivity contribution >= 4 is 5.70 Å². The Morgan fingerprint density at radius 3 is 2.26 bits per heavy atom. The standard InChI is InChI=1S/C22H24F2N6O.2C2H6/c1-3-14(9-18(25)20-16(23)5-4-6-17(20)24)21(26)13(2)19-7-8-27-22(29-19)30-10-15(11-31)28-12-30;2*1-2/h4-10,12-13,31H,3,11,25-26H2,1-2H3;2*1-2H3/b18-9-,21-14-;;. The predicted molar refractivity (Wildman–Crippen MR) is 136 cm³/mol. The number of aliphatic hydroxyl groups is 1. The van der Waals surface area contributed by atoms with Crippen molar-refractivity contribution in [3.05, 3.63) is 88.9 Å². The molecule has 0 bridgehead atoms. The summed E-state index contributed by atoms with van der Waals surface area (Å²) < 4.78 is 29.7. The van der Waals surface area contributed by atoms with Gasteiger partial charge in [0.1, 0.15) is 18.0 Å². The van der Waals surface area contributed by atoms with Crippen molar-refractivity contribution in [2.45, 2.75) is 60.5 Å². The third-order valence-corrected chi connectivity index (χ3v) is 4.94. The zero-order chi connectivity index (χ0) is 26.5. The summed E-state index contributed by atoms with van der Waals surface area (Å²) >= 11 is 0. The summed E-state index contributed by atoms with van der Waals surface area (Å²) in [6, 6.07) is 5.33. The van der Waals surface area contributed by atoms with Crippen molar-refractivity contribution < 1.29 is 13.9 Å². The number of aromatic nitrogens is 4. The molecule has 3 aromatic rings. The zero-order valence-corrected chi connectivity index (χ0v) is 21.3. The van der Waals surface area contributed by atoms with Crippen LogP contribution < -0.4 is 11.5 Å². The fourth-order valence-corrected chi connectivity index (χ4v) is 3.14. The molecular weight excluding hydrogens is 450 g/mol. The SMILES string of the molecule is CC.CC.CCC(/C=C(\N)c1c(F)cccc1F)=C(/N)C(C)c1ccnc(-n2cnc(CO)c2)n1. The molecule has 190 valence electrons. The average Bonchev–Trinajstić information content (AvgIpc) is 3.38. The van der Waals surface area contributed by atoms with Crippen LogP contribution in [0.1, 0.15) is 70.8 Å². The second-order valence-electron chi connectivity index (χ2n) is 6.96. The Morgan fingerprint density at radius 1 is 1.09 bits per heavy atom. The second-order valence-corrected chi connectivity index (χ2v) is 6.96. The number of nitrogens with zero attached hydrogens (tertiary/aromatic N) is 4. The maximum atomic E-state index is 14.1. The molecule has 2 heterocycles. The molecule has 9 heteroatoms. The Hall–Kier alpha value is -3.59. The first-order valence-corrected chi connectivity index (χ1v) is 11.7.